The monoisotopic (exact) mass is 227 g/mol. The summed E-state index contributed by atoms with van der Waals surface area (Å²) in [4.78, 5) is 4.09. The second-order valence-corrected chi connectivity index (χ2v) is 3.94. The summed E-state index contributed by atoms with van der Waals surface area (Å²) in [6.45, 7) is 2.55. The molecule has 0 aliphatic heterocycles. The molecule has 0 saturated carbocycles. The van der Waals surface area contributed by atoms with Gasteiger partial charge in [0.15, 0.2) is 0 Å². The largest absolute Gasteiger partial charge is 0.383 e. The van der Waals surface area contributed by atoms with Crippen molar-refractivity contribution in [2.75, 3.05) is 5.73 Å². The van der Waals surface area contributed by atoms with Crippen molar-refractivity contribution in [3.8, 4) is 11.1 Å². The van der Waals surface area contributed by atoms with Gasteiger partial charge in [-0.3, -0.25) is 0 Å². The van der Waals surface area contributed by atoms with Gasteiger partial charge in [-0.1, -0.05) is 31.2 Å². The Balaban J connectivity index is 2.64. The van der Waals surface area contributed by atoms with Crippen molar-refractivity contribution in [1.82, 2.24) is 4.98 Å². The molecule has 0 unspecified atom stereocenters. The van der Waals surface area contributed by atoms with Crippen LogP contribution in [0.15, 0.2) is 36.5 Å². The van der Waals surface area contributed by atoms with Crippen LogP contribution >= 0.6 is 0 Å². The van der Waals surface area contributed by atoms with E-state index in [4.69, 9.17) is 11.5 Å². The van der Waals surface area contributed by atoms with Crippen LogP contribution in [0.1, 0.15) is 18.1 Å². The maximum Gasteiger partial charge on any atom is 0.128 e. The van der Waals surface area contributed by atoms with E-state index in [9.17, 15) is 0 Å². The minimum Gasteiger partial charge on any atom is -0.383 e. The van der Waals surface area contributed by atoms with Crippen LogP contribution in [-0.2, 0) is 13.0 Å². The molecule has 17 heavy (non-hydrogen) atoms. The molecule has 1 heterocycles. The summed E-state index contributed by atoms with van der Waals surface area (Å²) >= 11 is 0. The predicted octanol–water partition coefficient (Wildman–Crippen LogP) is 2.35. The molecule has 0 aliphatic rings. The van der Waals surface area contributed by atoms with E-state index in [1.165, 1.54) is 11.1 Å². The zero-order chi connectivity index (χ0) is 12.3. The molecule has 2 rings (SSSR count). The first-order valence-electron chi connectivity index (χ1n) is 5.79. The Hall–Kier alpha value is -1.87. The van der Waals surface area contributed by atoms with Gasteiger partial charge in [0.05, 0.1) is 0 Å². The molecule has 1 aromatic heterocycles. The summed E-state index contributed by atoms with van der Waals surface area (Å²) in [5.41, 5.74) is 16.1. The van der Waals surface area contributed by atoms with Crippen molar-refractivity contribution in [2.45, 2.75) is 19.9 Å². The maximum absolute atomic E-state index is 5.87. The van der Waals surface area contributed by atoms with Crippen molar-refractivity contribution in [3.63, 3.8) is 0 Å². The first kappa shape index (κ1) is 11.6. The average molecular weight is 227 g/mol. The highest BCUT2D eigenvalue weighted by atomic mass is 14.8. The number of aryl methyl sites for hydroxylation is 1. The minimum absolute atomic E-state index is 0.410. The molecule has 1 aromatic carbocycles. The number of rotatable bonds is 3. The highest BCUT2D eigenvalue weighted by Gasteiger charge is 2.10. The molecule has 0 aliphatic carbocycles. The van der Waals surface area contributed by atoms with Crippen LogP contribution in [0.3, 0.4) is 0 Å². The fourth-order valence-corrected chi connectivity index (χ4v) is 2.07. The van der Waals surface area contributed by atoms with E-state index in [1.54, 1.807) is 6.20 Å². The number of anilines is 1. The van der Waals surface area contributed by atoms with Crippen molar-refractivity contribution < 1.29 is 0 Å². The minimum atomic E-state index is 0.410. The molecule has 0 saturated heterocycles. The van der Waals surface area contributed by atoms with Crippen LogP contribution in [0.4, 0.5) is 5.82 Å². The lowest BCUT2D eigenvalue weighted by molar-refractivity contribution is 1.05. The van der Waals surface area contributed by atoms with Crippen LogP contribution < -0.4 is 11.5 Å². The standard InChI is InChI=1S/C14H17N3/c1-2-10-5-3-4-6-11(10)12-7-8-17-14(16)13(12)9-15/h3-8H,2,9,15H2,1H3,(H2,16,17). The van der Waals surface area contributed by atoms with E-state index >= 15 is 0 Å². The molecule has 0 amide bonds. The summed E-state index contributed by atoms with van der Waals surface area (Å²) in [7, 11) is 0. The van der Waals surface area contributed by atoms with Crippen LogP contribution in [0.25, 0.3) is 11.1 Å². The molecule has 3 heteroatoms. The number of aromatic nitrogens is 1. The Morgan fingerprint density at radius 3 is 2.59 bits per heavy atom. The normalized spacial score (nSPS) is 10.5. The van der Waals surface area contributed by atoms with Crippen LogP contribution in [0.2, 0.25) is 0 Å². The molecular weight excluding hydrogens is 210 g/mol. The van der Waals surface area contributed by atoms with Crippen molar-refractivity contribution in [2.24, 2.45) is 5.73 Å². The second-order valence-electron chi connectivity index (χ2n) is 3.94. The zero-order valence-electron chi connectivity index (χ0n) is 9.98. The third-order valence-electron chi connectivity index (χ3n) is 2.98. The van der Waals surface area contributed by atoms with E-state index in [1.807, 2.05) is 12.1 Å². The SMILES string of the molecule is CCc1ccccc1-c1ccnc(N)c1CN. The molecule has 0 bridgehead atoms. The molecule has 0 spiro atoms. The smallest absolute Gasteiger partial charge is 0.128 e. The Morgan fingerprint density at radius 1 is 1.12 bits per heavy atom. The van der Waals surface area contributed by atoms with E-state index in [0.29, 0.717) is 12.4 Å². The number of hydrogen-bond donors (Lipinski definition) is 2. The molecule has 3 nitrogen and oxygen atoms in total. The summed E-state index contributed by atoms with van der Waals surface area (Å²) in [6.07, 6.45) is 2.72. The van der Waals surface area contributed by atoms with E-state index in [2.05, 4.69) is 30.1 Å². The number of pyridine rings is 1. The number of nitrogens with two attached hydrogens (primary N) is 2. The quantitative estimate of drug-likeness (QED) is 0.846. The number of nitrogen functional groups attached to an aromatic ring is 1. The van der Waals surface area contributed by atoms with Gasteiger partial charge in [-0.2, -0.15) is 0 Å². The van der Waals surface area contributed by atoms with Crippen molar-refractivity contribution in [1.29, 1.82) is 0 Å². The van der Waals surface area contributed by atoms with E-state index < -0.39 is 0 Å². The Bertz CT molecular complexity index is 521. The highest BCUT2D eigenvalue weighted by Crippen LogP contribution is 2.29. The lowest BCUT2D eigenvalue weighted by Crippen LogP contribution is -2.06. The summed E-state index contributed by atoms with van der Waals surface area (Å²) in [5, 5.41) is 0. The second kappa shape index (κ2) is 4.97. The van der Waals surface area contributed by atoms with Gasteiger partial charge in [0.25, 0.3) is 0 Å². The first-order valence-corrected chi connectivity index (χ1v) is 5.79. The lowest BCUT2D eigenvalue weighted by Gasteiger charge is -2.13. The molecule has 0 radical (unpaired) electrons. The number of benzene rings is 1. The van der Waals surface area contributed by atoms with Crippen LogP contribution in [0, 0.1) is 0 Å². The fraction of sp³-hybridized carbons (Fsp3) is 0.214. The topological polar surface area (TPSA) is 64.9 Å². The summed E-state index contributed by atoms with van der Waals surface area (Å²) in [6, 6.07) is 10.3. The van der Waals surface area contributed by atoms with E-state index in [-0.39, 0.29) is 0 Å². The molecule has 0 atom stereocenters. The average Bonchev–Trinajstić information content (AvgIpc) is 2.38. The van der Waals surface area contributed by atoms with Crippen LogP contribution in [-0.4, -0.2) is 4.98 Å². The zero-order valence-corrected chi connectivity index (χ0v) is 9.98. The molecule has 4 N–H and O–H groups in total. The van der Waals surface area contributed by atoms with Gasteiger partial charge in [-0.25, -0.2) is 4.98 Å². The van der Waals surface area contributed by atoms with Gasteiger partial charge in [0, 0.05) is 18.3 Å². The third-order valence-corrected chi connectivity index (χ3v) is 2.98. The summed E-state index contributed by atoms with van der Waals surface area (Å²) < 4.78 is 0. The van der Waals surface area contributed by atoms with E-state index in [0.717, 1.165) is 17.5 Å². The van der Waals surface area contributed by atoms with Gasteiger partial charge in [0.2, 0.25) is 0 Å². The lowest BCUT2D eigenvalue weighted by atomic mass is 9.95. The fourth-order valence-electron chi connectivity index (χ4n) is 2.07. The van der Waals surface area contributed by atoms with Crippen LogP contribution in [0.5, 0.6) is 0 Å². The number of hydrogen-bond acceptors (Lipinski definition) is 3. The van der Waals surface area contributed by atoms with Crippen molar-refractivity contribution in [3.05, 3.63) is 47.7 Å². The highest BCUT2D eigenvalue weighted by molar-refractivity contribution is 5.73. The molecule has 88 valence electrons. The molecule has 0 fully saturated rings. The van der Waals surface area contributed by atoms with Gasteiger partial charge in [-0.15, -0.1) is 0 Å². The Kier molecular flexibility index (Phi) is 3.40. The Morgan fingerprint density at radius 2 is 1.88 bits per heavy atom. The van der Waals surface area contributed by atoms with Gasteiger partial charge in [0.1, 0.15) is 5.82 Å². The molecule has 2 aromatic rings. The third kappa shape index (κ3) is 2.15. The van der Waals surface area contributed by atoms with Gasteiger partial charge in [-0.05, 0) is 29.2 Å². The maximum atomic E-state index is 5.87. The van der Waals surface area contributed by atoms with Gasteiger partial charge >= 0.3 is 0 Å². The first-order chi connectivity index (χ1) is 8.27. The van der Waals surface area contributed by atoms with Crippen molar-refractivity contribution >= 4 is 5.82 Å². The summed E-state index contributed by atoms with van der Waals surface area (Å²) in [5.74, 6) is 0.524. The molecular formula is C14H17N3. The Labute approximate surface area is 101 Å². The van der Waals surface area contributed by atoms with Gasteiger partial charge < -0.3 is 11.5 Å². The number of nitrogens with zero attached hydrogens (tertiary/aromatic N) is 1. The predicted molar refractivity (Wildman–Crippen MR) is 71.4 cm³/mol.